The molecule has 41 heavy (non-hydrogen) atoms. The lowest BCUT2D eigenvalue weighted by molar-refractivity contribution is 0.0176. The molecule has 4 nitrogen and oxygen atoms in total. The highest BCUT2D eigenvalue weighted by Crippen LogP contribution is 2.37. The third-order valence-electron chi connectivity index (χ3n) is 6.17. The van der Waals surface area contributed by atoms with E-state index >= 15 is 0 Å². The largest absolute Gasteiger partial charge is 0.344 e. The molecule has 1 atom stereocenters. The molecule has 222 valence electrons. The molecule has 0 saturated heterocycles. The first-order valence-electron chi connectivity index (χ1n) is 14.0. The van der Waals surface area contributed by atoms with Gasteiger partial charge < -0.3 is 15.5 Å². The van der Waals surface area contributed by atoms with Crippen molar-refractivity contribution >= 4 is 28.7 Å². The molecule has 0 spiro atoms. The monoisotopic (exact) mass is 582 g/mol. The van der Waals surface area contributed by atoms with Crippen molar-refractivity contribution in [3.8, 4) is 0 Å². The summed E-state index contributed by atoms with van der Waals surface area (Å²) in [5, 5.41) is 6.41. The van der Waals surface area contributed by atoms with Gasteiger partial charge in [-0.25, -0.2) is 8.78 Å². The lowest BCUT2D eigenvalue weighted by atomic mass is 10.0. The quantitative estimate of drug-likeness (QED) is 0.208. The Bertz CT molecular complexity index is 1220. The minimum Gasteiger partial charge on any atom is -0.344 e. The predicted octanol–water partition coefficient (Wildman–Crippen LogP) is 10.8. The number of nitrogens with one attached hydrogen (secondary N) is 2. The van der Waals surface area contributed by atoms with Crippen molar-refractivity contribution in [2.75, 3.05) is 15.5 Å². The molecule has 0 fully saturated rings. The van der Waals surface area contributed by atoms with E-state index in [2.05, 4.69) is 66.4 Å². The second-order valence-electron chi connectivity index (χ2n) is 9.22. The van der Waals surface area contributed by atoms with Crippen LogP contribution in [-0.2, 0) is 18.9 Å². The van der Waals surface area contributed by atoms with Crippen molar-refractivity contribution in [2.24, 2.45) is 5.92 Å². The number of allylic oxidation sites excluding steroid dienone is 1. The van der Waals surface area contributed by atoms with Crippen LogP contribution in [0.5, 0.6) is 0 Å². The van der Waals surface area contributed by atoms with Gasteiger partial charge in [0.2, 0.25) is 0 Å². The van der Waals surface area contributed by atoms with Gasteiger partial charge in [-0.3, -0.25) is 4.98 Å². The molecule has 0 saturated carbocycles. The molecule has 1 heterocycles. The second-order valence-corrected chi connectivity index (χ2v) is 9.62. The highest BCUT2D eigenvalue weighted by Gasteiger charge is 2.28. The Labute approximate surface area is 250 Å². The molecule has 7 heteroatoms. The Morgan fingerprint density at radius 2 is 1.66 bits per heavy atom. The van der Waals surface area contributed by atoms with E-state index in [1.165, 1.54) is 6.07 Å². The summed E-state index contributed by atoms with van der Waals surface area (Å²) in [5.41, 5.74) is 4.19. The minimum atomic E-state index is -3.05. The summed E-state index contributed by atoms with van der Waals surface area (Å²) in [5.74, 6) is -2.10. The molecular weight excluding hydrogens is 538 g/mol. The number of aromatic nitrogens is 1. The van der Waals surface area contributed by atoms with E-state index in [-0.39, 0.29) is 10.6 Å². The lowest BCUT2D eigenvalue weighted by Crippen LogP contribution is -2.16. The number of benzene rings is 2. The highest BCUT2D eigenvalue weighted by molar-refractivity contribution is 6.31. The Morgan fingerprint density at radius 3 is 2.20 bits per heavy atom. The number of rotatable bonds is 12. The van der Waals surface area contributed by atoms with Crippen LogP contribution >= 0.6 is 11.6 Å². The molecule has 0 aliphatic rings. The molecule has 2 N–H and O–H groups in total. The van der Waals surface area contributed by atoms with Crippen LogP contribution in [0, 0.1) is 5.92 Å². The van der Waals surface area contributed by atoms with E-state index in [0.29, 0.717) is 23.8 Å². The summed E-state index contributed by atoms with van der Waals surface area (Å²) in [6, 6.07) is 15.0. The Kier molecular flexibility index (Phi) is 15.5. The van der Waals surface area contributed by atoms with Gasteiger partial charge in [0.25, 0.3) is 5.92 Å². The van der Waals surface area contributed by atoms with Crippen LogP contribution in [0.25, 0.3) is 0 Å². The average molecular weight is 583 g/mol. The number of alkyl halides is 2. The molecule has 0 radical (unpaired) electrons. The number of anilines is 3. The first-order chi connectivity index (χ1) is 19.6. The van der Waals surface area contributed by atoms with Gasteiger partial charge in [-0.15, -0.1) is 13.2 Å². The number of aryl methyl sites for hydroxylation is 1. The van der Waals surface area contributed by atoms with Gasteiger partial charge in [-0.05, 0) is 72.0 Å². The molecule has 0 aliphatic carbocycles. The smallest absolute Gasteiger partial charge is 0.272 e. The topological polar surface area (TPSA) is 40.2 Å². The number of hydrogen-bond donors (Lipinski definition) is 2. The van der Waals surface area contributed by atoms with Gasteiger partial charge in [0.1, 0.15) is 5.82 Å². The van der Waals surface area contributed by atoms with Gasteiger partial charge in [0.15, 0.2) is 0 Å². The van der Waals surface area contributed by atoms with Crippen LogP contribution in [0.15, 0.2) is 98.8 Å². The third kappa shape index (κ3) is 11.4. The van der Waals surface area contributed by atoms with E-state index < -0.39 is 5.92 Å². The maximum Gasteiger partial charge on any atom is 0.272 e. The standard InChI is InChI=1S/C30H35ClF2N4.C2H6.C2H4/c1-6-21(3)14-17-37(20-23-12-15-34-16-13-23)26-10-8-25(9-11-26)35-22(4)36-29-19-27(30(5,32)33)28(31)18-24(29)7-2;2*1-2/h8-19,21,35-36H,4,6-7,20H2,1-3,5H3;1-2H3;1-2H2/b17-14-;;. The van der Waals surface area contributed by atoms with Crippen molar-refractivity contribution in [3.05, 3.63) is 120 Å². The van der Waals surface area contributed by atoms with Crippen LogP contribution in [0.3, 0.4) is 0 Å². The molecule has 3 rings (SSSR count). The fourth-order valence-electron chi connectivity index (χ4n) is 3.77. The van der Waals surface area contributed by atoms with Gasteiger partial charge >= 0.3 is 0 Å². The summed E-state index contributed by atoms with van der Waals surface area (Å²) in [7, 11) is 0. The van der Waals surface area contributed by atoms with Crippen LogP contribution in [0.4, 0.5) is 25.8 Å². The predicted molar refractivity (Wildman–Crippen MR) is 175 cm³/mol. The average Bonchev–Trinajstić information content (AvgIpc) is 2.98. The first kappa shape index (κ1) is 35.4. The van der Waals surface area contributed by atoms with Crippen LogP contribution in [0.1, 0.15) is 64.7 Å². The SMILES string of the molecule is C=C.C=C(Nc1ccc(N(/C=C\C(C)CC)Cc2ccncc2)cc1)Nc1cc(C(C)(F)F)c(Cl)cc1CC.CC. The Hall–Kier alpha value is -3.64. The molecule has 0 aliphatic heterocycles. The molecular formula is C34H45ClF2N4. The molecule has 0 amide bonds. The van der Waals surface area contributed by atoms with Gasteiger partial charge in [0, 0.05) is 54.7 Å². The number of hydrogen-bond acceptors (Lipinski definition) is 4. The van der Waals surface area contributed by atoms with Crippen LogP contribution < -0.4 is 15.5 Å². The Balaban J connectivity index is 0.00000201. The Morgan fingerprint density at radius 1 is 1.05 bits per heavy atom. The molecule has 2 aromatic carbocycles. The molecule has 1 unspecified atom stereocenters. The third-order valence-corrected chi connectivity index (χ3v) is 6.48. The fraction of sp³-hybridized carbons (Fsp3) is 0.324. The van der Waals surface area contributed by atoms with E-state index in [1.54, 1.807) is 18.5 Å². The van der Waals surface area contributed by atoms with E-state index in [1.807, 2.05) is 57.2 Å². The zero-order valence-corrected chi connectivity index (χ0v) is 26.0. The minimum absolute atomic E-state index is 0.0581. The molecule has 1 aromatic heterocycles. The van der Waals surface area contributed by atoms with Gasteiger partial charge in [0.05, 0.1) is 5.02 Å². The van der Waals surface area contributed by atoms with Crippen molar-refractivity contribution in [2.45, 2.75) is 66.9 Å². The van der Waals surface area contributed by atoms with Crippen molar-refractivity contribution in [1.29, 1.82) is 0 Å². The second kappa shape index (κ2) is 17.9. The van der Waals surface area contributed by atoms with E-state index in [4.69, 9.17) is 11.6 Å². The van der Waals surface area contributed by atoms with Crippen LogP contribution in [-0.4, -0.2) is 4.98 Å². The number of nitrogens with zero attached hydrogens (tertiary/aromatic N) is 2. The van der Waals surface area contributed by atoms with Gasteiger partial charge in [-0.2, -0.15) is 0 Å². The van der Waals surface area contributed by atoms with Crippen molar-refractivity contribution < 1.29 is 8.78 Å². The zero-order valence-electron chi connectivity index (χ0n) is 25.3. The van der Waals surface area contributed by atoms with E-state index in [9.17, 15) is 8.78 Å². The first-order valence-corrected chi connectivity index (χ1v) is 14.4. The summed E-state index contributed by atoms with van der Waals surface area (Å²) in [4.78, 5) is 6.31. The normalized spacial score (nSPS) is 11.4. The van der Waals surface area contributed by atoms with E-state index in [0.717, 1.165) is 42.4 Å². The summed E-state index contributed by atoms with van der Waals surface area (Å²) >= 11 is 6.11. The highest BCUT2D eigenvalue weighted by atomic mass is 35.5. The summed E-state index contributed by atoms with van der Waals surface area (Å²) < 4.78 is 28.0. The summed E-state index contributed by atoms with van der Waals surface area (Å²) in [6.07, 6.45) is 9.65. The number of halogens is 3. The van der Waals surface area contributed by atoms with Crippen molar-refractivity contribution in [1.82, 2.24) is 4.98 Å². The zero-order chi connectivity index (χ0) is 31.0. The number of pyridine rings is 1. The lowest BCUT2D eigenvalue weighted by Gasteiger charge is -2.22. The summed E-state index contributed by atoms with van der Waals surface area (Å²) in [6.45, 7) is 21.9. The fourth-order valence-corrected chi connectivity index (χ4v) is 4.12. The van der Waals surface area contributed by atoms with Gasteiger partial charge in [-0.1, -0.05) is 65.3 Å². The maximum atomic E-state index is 14.0. The molecule has 3 aromatic rings. The molecule has 0 bridgehead atoms. The maximum absolute atomic E-state index is 14.0. The van der Waals surface area contributed by atoms with Crippen LogP contribution in [0.2, 0.25) is 5.02 Å². The van der Waals surface area contributed by atoms with Crippen molar-refractivity contribution in [3.63, 3.8) is 0 Å².